The Labute approximate surface area is 206 Å². The van der Waals surface area contributed by atoms with Gasteiger partial charge in [-0.15, -0.1) is 0 Å². The molecule has 0 N–H and O–H groups in total. The van der Waals surface area contributed by atoms with Crippen LogP contribution in [0.5, 0.6) is 17.2 Å². The van der Waals surface area contributed by atoms with Crippen molar-refractivity contribution in [3.8, 4) is 17.2 Å². The number of para-hydroxylation sites is 1. The van der Waals surface area contributed by atoms with E-state index < -0.39 is 5.60 Å². The third kappa shape index (κ3) is 6.74. The normalized spacial score (nSPS) is 18.7. The lowest BCUT2D eigenvalue weighted by Gasteiger charge is -2.31. The molecule has 35 heavy (non-hydrogen) atoms. The molecule has 2 heterocycles. The van der Waals surface area contributed by atoms with Crippen molar-refractivity contribution >= 4 is 0 Å². The van der Waals surface area contributed by atoms with Crippen LogP contribution in [0.4, 0.5) is 4.39 Å². The number of halogens is 1. The van der Waals surface area contributed by atoms with Gasteiger partial charge in [0, 0.05) is 32.6 Å². The van der Waals surface area contributed by atoms with Gasteiger partial charge in [0.2, 0.25) is 0 Å². The van der Waals surface area contributed by atoms with E-state index >= 15 is 0 Å². The van der Waals surface area contributed by atoms with E-state index in [-0.39, 0.29) is 11.6 Å². The maximum atomic E-state index is 14.0. The maximum absolute atomic E-state index is 14.0. The Balaban J connectivity index is 1.32. The minimum Gasteiger partial charge on any atom is -0.493 e. The van der Waals surface area contributed by atoms with Gasteiger partial charge < -0.3 is 23.5 Å². The fourth-order valence-electron chi connectivity index (χ4n) is 4.43. The van der Waals surface area contributed by atoms with Crippen LogP contribution in [0.2, 0.25) is 0 Å². The molecule has 0 radical (unpaired) electrons. The smallest absolute Gasteiger partial charge is 0.165 e. The maximum Gasteiger partial charge on any atom is 0.165 e. The van der Waals surface area contributed by atoms with Crippen LogP contribution in [0, 0.1) is 5.82 Å². The lowest BCUT2D eigenvalue weighted by atomic mass is 9.95. The summed E-state index contributed by atoms with van der Waals surface area (Å²) in [5.41, 5.74) is 0.734. The van der Waals surface area contributed by atoms with Gasteiger partial charge in [-0.05, 0) is 55.6 Å². The number of imidazole rings is 1. The zero-order valence-corrected chi connectivity index (χ0v) is 20.5. The Morgan fingerprint density at radius 1 is 1.00 bits per heavy atom. The second-order valence-electron chi connectivity index (χ2n) is 8.87. The van der Waals surface area contributed by atoms with E-state index in [1.165, 1.54) is 6.07 Å². The van der Waals surface area contributed by atoms with Crippen molar-refractivity contribution in [2.75, 3.05) is 40.5 Å². The van der Waals surface area contributed by atoms with Crippen LogP contribution in [0.3, 0.4) is 0 Å². The zero-order chi connectivity index (χ0) is 24.5. The molecule has 1 atom stereocenters. The summed E-state index contributed by atoms with van der Waals surface area (Å²) in [5.74, 6) is 1.38. The van der Waals surface area contributed by atoms with Crippen molar-refractivity contribution in [1.82, 2.24) is 14.5 Å². The molecule has 0 aliphatic carbocycles. The van der Waals surface area contributed by atoms with E-state index in [2.05, 4.69) is 16.0 Å². The van der Waals surface area contributed by atoms with E-state index in [1.807, 2.05) is 22.9 Å². The van der Waals surface area contributed by atoms with Gasteiger partial charge in [0.05, 0.1) is 20.0 Å². The second-order valence-corrected chi connectivity index (χ2v) is 8.87. The van der Waals surface area contributed by atoms with Crippen molar-refractivity contribution in [1.29, 1.82) is 0 Å². The highest BCUT2D eigenvalue weighted by molar-refractivity contribution is 5.43. The van der Waals surface area contributed by atoms with E-state index in [0.717, 1.165) is 62.5 Å². The molecule has 1 aromatic heterocycles. The highest BCUT2D eigenvalue weighted by atomic mass is 19.1. The molecule has 0 amide bonds. The number of aromatic nitrogens is 2. The van der Waals surface area contributed by atoms with Crippen LogP contribution < -0.4 is 14.2 Å². The van der Waals surface area contributed by atoms with Gasteiger partial charge in [-0.3, -0.25) is 4.90 Å². The van der Waals surface area contributed by atoms with Crippen molar-refractivity contribution in [2.45, 2.75) is 38.0 Å². The summed E-state index contributed by atoms with van der Waals surface area (Å²) in [5, 5.41) is 0. The van der Waals surface area contributed by atoms with Gasteiger partial charge in [0.15, 0.2) is 23.1 Å². The molecule has 0 bridgehead atoms. The van der Waals surface area contributed by atoms with E-state index in [0.29, 0.717) is 13.2 Å². The number of hydrogen-bond acceptors (Lipinski definition) is 6. The molecule has 1 saturated heterocycles. The average Bonchev–Trinajstić information content (AvgIpc) is 3.32. The number of likely N-dealkylation sites (tertiary alicyclic amines) is 1. The molecule has 1 unspecified atom stereocenters. The molecular formula is C27H34FN3O4. The molecule has 1 aliphatic rings. The zero-order valence-electron chi connectivity index (χ0n) is 20.5. The number of nitrogens with zero attached hydrogens (tertiary/aromatic N) is 3. The summed E-state index contributed by atoms with van der Waals surface area (Å²) in [7, 11) is 3.38. The monoisotopic (exact) mass is 483 g/mol. The highest BCUT2D eigenvalue weighted by Gasteiger charge is 2.34. The summed E-state index contributed by atoms with van der Waals surface area (Å²) >= 11 is 0. The third-order valence-electron chi connectivity index (χ3n) is 6.55. The first-order valence-electron chi connectivity index (χ1n) is 12.0. The lowest BCUT2D eigenvalue weighted by molar-refractivity contribution is -0.0548. The first-order chi connectivity index (χ1) is 17.1. The third-order valence-corrected chi connectivity index (χ3v) is 6.55. The molecule has 0 saturated carbocycles. The minimum atomic E-state index is -0.429. The standard InChI is InChI=1S/C27H34FN3O4/c1-32-26-18-22(8-9-25(26)34-17-16-31-15-12-29-21-31)19-30-13-5-10-27(33-2,11-14-30)20-35-24-7-4-3-6-23(24)28/h3-4,6-9,12,15,18,21H,5,10-11,13-14,16-17,19-20H2,1-2H3. The number of methoxy groups -OCH3 is 2. The van der Waals surface area contributed by atoms with Crippen molar-refractivity contribution in [3.05, 3.63) is 72.6 Å². The van der Waals surface area contributed by atoms with Gasteiger partial charge in [-0.1, -0.05) is 18.2 Å². The number of benzene rings is 2. The van der Waals surface area contributed by atoms with E-state index in [9.17, 15) is 4.39 Å². The Kier molecular flexibility index (Phi) is 8.60. The summed E-state index contributed by atoms with van der Waals surface area (Å²) in [6.45, 7) is 4.21. The molecule has 4 rings (SSSR count). The molecule has 8 heteroatoms. The first kappa shape index (κ1) is 25.0. The first-order valence-corrected chi connectivity index (χ1v) is 12.0. The van der Waals surface area contributed by atoms with E-state index in [1.54, 1.807) is 44.9 Å². The van der Waals surface area contributed by atoms with Gasteiger partial charge in [0.25, 0.3) is 0 Å². The number of hydrogen-bond donors (Lipinski definition) is 0. The fourth-order valence-corrected chi connectivity index (χ4v) is 4.43. The molecule has 1 fully saturated rings. The largest absolute Gasteiger partial charge is 0.493 e. The van der Waals surface area contributed by atoms with Gasteiger partial charge >= 0.3 is 0 Å². The quantitative estimate of drug-likeness (QED) is 0.399. The molecule has 188 valence electrons. The molecule has 1 aliphatic heterocycles. The van der Waals surface area contributed by atoms with Crippen LogP contribution in [0.15, 0.2) is 61.2 Å². The topological polar surface area (TPSA) is 58.0 Å². The Hall–Kier alpha value is -3.10. The fraction of sp³-hybridized carbons (Fsp3) is 0.444. The van der Waals surface area contributed by atoms with Crippen LogP contribution in [0.25, 0.3) is 0 Å². The minimum absolute atomic E-state index is 0.268. The van der Waals surface area contributed by atoms with Crippen LogP contribution in [-0.2, 0) is 17.8 Å². The summed E-state index contributed by atoms with van der Waals surface area (Å²) in [6.07, 6.45) is 8.09. The van der Waals surface area contributed by atoms with Crippen molar-refractivity contribution in [2.24, 2.45) is 0 Å². The molecule has 0 spiro atoms. The molecule has 7 nitrogen and oxygen atoms in total. The molecule has 3 aromatic rings. The van der Waals surface area contributed by atoms with Crippen molar-refractivity contribution < 1.29 is 23.3 Å². The van der Waals surface area contributed by atoms with Gasteiger partial charge in [-0.25, -0.2) is 9.37 Å². The van der Waals surface area contributed by atoms with Crippen molar-refractivity contribution in [3.63, 3.8) is 0 Å². The van der Waals surface area contributed by atoms with Gasteiger partial charge in [-0.2, -0.15) is 0 Å². The predicted octanol–water partition coefficient (Wildman–Crippen LogP) is 4.56. The Morgan fingerprint density at radius 2 is 1.89 bits per heavy atom. The lowest BCUT2D eigenvalue weighted by Crippen LogP contribution is -2.39. The van der Waals surface area contributed by atoms with Crippen LogP contribution >= 0.6 is 0 Å². The summed E-state index contributed by atoms with van der Waals surface area (Å²) in [4.78, 5) is 6.46. The SMILES string of the molecule is COc1cc(CN2CCCC(COc3ccccc3F)(OC)CC2)ccc1OCCn1ccnc1. The van der Waals surface area contributed by atoms with Crippen LogP contribution in [-0.4, -0.2) is 60.6 Å². The number of rotatable bonds is 11. The predicted molar refractivity (Wildman–Crippen MR) is 131 cm³/mol. The Morgan fingerprint density at radius 3 is 2.66 bits per heavy atom. The number of ether oxygens (including phenoxy) is 4. The van der Waals surface area contributed by atoms with Gasteiger partial charge in [0.1, 0.15) is 18.8 Å². The second kappa shape index (κ2) is 12.0. The Bertz CT molecular complexity index is 1060. The van der Waals surface area contributed by atoms with E-state index in [4.69, 9.17) is 18.9 Å². The molecular weight excluding hydrogens is 449 g/mol. The highest BCUT2D eigenvalue weighted by Crippen LogP contribution is 2.31. The summed E-state index contributed by atoms with van der Waals surface area (Å²) < 4.78 is 39.2. The average molecular weight is 484 g/mol. The summed E-state index contributed by atoms with van der Waals surface area (Å²) in [6, 6.07) is 12.6. The molecule has 2 aromatic carbocycles. The van der Waals surface area contributed by atoms with Crippen LogP contribution in [0.1, 0.15) is 24.8 Å².